The summed E-state index contributed by atoms with van der Waals surface area (Å²) < 4.78 is 16.1. The second kappa shape index (κ2) is 10.7. The Kier molecular flexibility index (Phi) is 7.38. The lowest BCUT2D eigenvalue weighted by atomic mass is 10.0. The van der Waals surface area contributed by atoms with Crippen LogP contribution in [0.1, 0.15) is 49.8 Å². The molecule has 0 saturated carbocycles. The first-order valence-electron chi connectivity index (χ1n) is 11.8. The fraction of sp³-hybridized carbons (Fsp3) is 0.269. The number of esters is 1. The molecule has 0 aliphatic carbocycles. The van der Waals surface area contributed by atoms with Crippen LogP contribution >= 0.6 is 34.5 Å². The summed E-state index contributed by atoms with van der Waals surface area (Å²) in [6, 6.07) is 9.50. The first-order chi connectivity index (χ1) is 18.3. The maximum absolute atomic E-state index is 13.1. The lowest BCUT2D eigenvalue weighted by Gasteiger charge is -2.28. The van der Waals surface area contributed by atoms with Crippen LogP contribution in [-0.2, 0) is 17.7 Å². The van der Waals surface area contributed by atoms with E-state index in [1.165, 1.54) is 30.6 Å². The van der Waals surface area contributed by atoms with Gasteiger partial charge in [0.25, 0.3) is 5.91 Å². The van der Waals surface area contributed by atoms with Crippen molar-refractivity contribution in [3.8, 4) is 11.5 Å². The van der Waals surface area contributed by atoms with Crippen LogP contribution in [0.25, 0.3) is 0 Å². The number of carbonyl (C=O) groups is 3. The van der Waals surface area contributed by atoms with Gasteiger partial charge in [-0.1, -0.05) is 29.3 Å². The Morgan fingerprint density at radius 2 is 1.95 bits per heavy atom. The number of hydrogen-bond donors (Lipinski definition) is 2. The molecule has 2 N–H and O–H groups in total. The molecular weight excluding hydrogens is 553 g/mol. The van der Waals surface area contributed by atoms with Gasteiger partial charge in [0, 0.05) is 16.4 Å². The summed E-state index contributed by atoms with van der Waals surface area (Å²) in [6.07, 6.45) is -0.322. The van der Waals surface area contributed by atoms with Crippen molar-refractivity contribution in [2.75, 3.05) is 25.6 Å². The van der Waals surface area contributed by atoms with Crippen molar-refractivity contribution in [2.24, 2.45) is 0 Å². The Balaban J connectivity index is 1.35. The number of methoxy groups -OCH3 is 1. The van der Waals surface area contributed by atoms with Crippen LogP contribution in [0.5, 0.6) is 11.5 Å². The molecule has 2 aliphatic rings. The highest BCUT2D eigenvalue weighted by molar-refractivity contribution is 7.16. The minimum Gasteiger partial charge on any atom is -0.493 e. The van der Waals surface area contributed by atoms with Gasteiger partial charge < -0.3 is 29.7 Å². The molecule has 3 heterocycles. The van der Waals surface area contributed by atoms with E-state index in [0.717, 1.165) is 15.4 Å². The molecule has 198 valence electrons. The van der Waals surface area contributed by atoms with Gasteiger partial charge in [0.05, 0.1) is 36.4 Å². The van der Waals surface area contributed by atoms with Gasteiger partial charge in [-0.2, -0.15) is 0 Å². The standard InChI is InChI=1S/C26H23Cl2N3O6S/c1-3-36-26(34)31-9-8-16-20(12-31)38-24-21(16)23(32)29-22(30-24)13-4-7-18(19(10-13)35-2)37-25(33)15-6-5-14(27)11-17(15)28/h4-7,10-11,22,30H,3,8-9,12H2,1-2H3,(H,29,32)/t22-/m0/s1. The molecule has 2 aromatic carbocycles. The summed E-state index contributed by atoms with van der Waals surface area (Å²) in [6.45, 7) is 2.97. The molecule has 1 atom stereocenters. The van der Waals surface area contributed by atoms with E-state index < -0.39 is 12.1 Å². The third-order valence-electron chi connectivity index (χ3n) is 6.24. The number of ether oxygens (including phenoxy) is 3. The van der Waals surface area contributed by atoms with Gasteiger partial charge in [-0.3, -0.25) is 4.79 Å². The van der Waals surface area contributed by atoms with Crippen molar-refractivity contribution in [1.29, 1.82) is 0 Å². The number of benzene rings is 2. The third kappa shape index (κ3) is 4.99. The number of carbonyl (C=O) groups excluding carboxylic acids is 3. The summed E-state index contributed by atoms with van der Waals surface area (Å²) in [5, 5.41) is 7.68. The van der Waals surface area contributed by atoms with Crippen molar-refractivity contribution in [1.82, 2.24) is 10.2 Å². The largest absolute Gasteiger partial charge is 0.493 e. The molecule has 1 aromatic heterocycles. The fourth-order valence-electron chi connectivity index (χ4n) is 4.41. The molecule has 9 nitrogen and oxygen atoms in total. The van der Waals surface area contributed by atoms with E-state index in [9.17, 15) is 14.4 Å². The molecule has 12 heteroatoms. The third-order valence-corrected chi connectivity index (χ3v) is 7.93. The predicted octanol–water partition coefficient (Wildman–Crippen LogP) is 5.65. The van der Waals surface area contributed by atoms with Crippen LogP contribution in [0.2, 0.25) is 10.0 Å². The Hall–Kier alpha value is -3.47. The normalized spacial score (nSPS) is 16.1. The molecule has 38 heavy (non-hydrogen) atoms. The SMILES string of the molecule is CCOC(=O)N1CCc2c(sc3c2C(=O)N[C@H](c2ccc(OC(=O)c4ccc(Cl)cc4Cl)c(OC)c2)N3)C1. The number of anilines is 1. The topological polar surface area (TPSA) is 106 Å². The smallest absolute Gasteiger partial charge is 0.410 e. The first-order valence-corrected chi connectivity index (χ1v) is 13.3. The highest BCUT2D eigenvalue weighted by Crippen LogP contribution is 2.42. The van der Waals surface area contributed by atoms with Crippen molar-refractivity contribution in [3.63, 3.8) is 0 Å². The van der Waals surface area contributed by atoms with E-state index in [0.29, 0.717) is 48.0 Å². The zero-order chi connectivity index (χ0) is 27.0. The second-order valence-electron chi connectivity index (χ2n) is 8.55. The van der Waals surface area contributed by atoms with E-state index in [-0.39, 0.29) is 28.3 Å². The lowest BCUT2D eigenvalue weighted by molar-refractivity contribution is 0.0729. The van der Waals surface area contributed by atoms with Gasteiger partial charge in [-0.25, -0.2) is 9.59 Å². The molecule has 0 radical (unpaired) electrons. The highest BCUT2D eigenvalue weighted by Gasteiger charge is 2.35. The summed E-state index contributed by atoms with van der Waals surface area (Å²) in [4.78, 5) is 40.6. The maximum atomic E-state index is 13.1. The summed E-state index contributed by atoms with van der Waals surface area (Å²) >= 11 is 13.5. The monoisotopic (exact) mass is 575 g/mol. The minimum absolute atomic E-state index is 0.166. The average Bonchev–Trinajstić information content (AvgIpc) is 3.27. The maximum Gasteiger partial charge on any atom is 0.410 e. The van der Waals surface area contributed by atoms with E-state index in [1.54, 1.807) is 36.1 Å². The molecule has 0 bridgehead atoms. The number of thiophene rings is 1. The minimum atomic E-state index is -0.660. The van der Waals surface area contributed by atoms with Crippen molar-refractivity contribution in [3.05, 3.63) is 73.6 Å². The number of fused-ring (bicyclic) bond motifs is 3. The summed E-state index contributed by atoms with van der Waals surface area (Å²) in [5.41, 5.74) is 2.43. The average molecular weight is 576 g/mol. The first kappa shape index (κ1) is 26.1. The van der Waals surface area contributed by atoms with Crippen LogP contribution in [0.15, 0.2) is 36.4 Å². The Morgan fingerprint density at radius 1 is 1.13 bits per heavy atom. The fourth-order valence-corrected chi connectivity index (χ4v) is 6.19. The number of nitrogens with one attached hydrogen (secondary N) is 2. The molecule has 3 aromatic rings. The predicted molar refractivity (Wildman–Crippen MR) is 144 cm³/mol. The van der Waals surface area contributed by atoms with Crippen molar-refractivity contribution in [2.45, 2.75) is 26.1 Å². The van der Waals surface area contributed by atoms with E-state index >= 15 is 0 Å². The number of nitrogens with zero attached hydrogens (tertiary/aromatic N) is 1. The van der Waals surface area contributed by atoms with Crippen LogP contribution in [0.3, 0.4) is 0 Å². The van der Waals surface area contributed by atoms with E-state index in [2.05, 4.69) is 10.6 Å². The molecule has 0 spiro atoms. The number of rotatable bonds is 5. The van der Waals surface area contributed by atoms with Gasteiger partial charge in [-0.05, 0) is 54.8 Å². The molecule has 0 saturated heterocycles. The lowest BCUT2D eigenvalue weighted by Crippen LogP contribution is -2.39. The van der Waals surface area contributed by atoms with Crippen LogP contribution < -0.4 is 20.1 Å². The van der Waals surface area contributed by atoms with E-state index in [4.69, 9.17) is 37.4 Å². The van der Waals surface area contributed by atoms with Gasteiger partial charge in [0.15, 0.2) is 11.5 Å². The molecule has 2 amide bonds. The number of hydrogen-bond acceptors (Lipinski definition) is 8. The Bertz CT molecular complexity index is 1440. The van der Waals surface area contributed by atoms with Gasteiger partial charge >= 0.3 is 12.1 Å². The zero-order valence-corrected chi connectivity index (χ0v) is 22.8. The Morgan fingerprint density at radius 3 is 2.68 bits per heavy atom. The number of amides is 2. The summed E-state index contributed by atoms with van der Waals surface area (Å²) in [7, 11) is 1.46. The quantitative estimate of drug-likeness (QED) is 0.299. The highest BCUT2D eigenvalue weighted by atomic mass is 35.5. The van der Waals surface area contributed by atoms with Gasteiger partial charge in [0.1, 0.15) is 11.2 Å². The van der Waals surface area contributed by atoms with Crippen LogP contribution in [0, 0.1) is 0 Å². The van der Waals surface area contributed by atoms with Crippen molar-refractivity contribution >= 4 is 57.5 Å². The van der Waals surface area contributed by atoms with Crippen LogP contribution in [-0.4, -0.2) is 43.1 Å². The van der Waals surface area contributed by atoms with Crippen LogP contribution in [0.4, 0.5) is 9.80 Å². The number of halogens is 2. The van der Waals surface area contributed by atoms with Gasteiger partial charge in [-0.15, -0.1) is 11.3 Å². The molecular formula is C26H23Cl2N3O6S. The zero-order valence-electron chi connectivity index (χ0n) is 20.4. The van der Waals surface area contributed by atoms with Gasteiger partial charge in [0.2, 0.25) is 0 Å². The molecule has 0 fully saturated rings. The molecule has 2 aliphatic heterocycles. The second-order valence-corrected chi connectivity index (χ2v) is 10.5. The molecule has 5 rings (SSSR count). The van der Waals surface area contributed by atoms with E-state index in [1.807, 2.05) is 0 Å². The Labute approximate surface area is 232 Å². The van der Waals surface area contributed by atoms with Crippen molar-refractivity contribution < 1.29 is 28.6 Å². The summed E-state index contributed by atoms with van der Waals surface area (Å²) in [5.74, 6) is -0.357. The molecule has 0 unspecified atom stereocenters.